The quantitative estimate of drug-likeness (QED) is 0.852. The van der Waals surface area contributed by atoms with Gasteiger partial charge in [-0.25, -0.2) is 0 Å². The molecule has 1 aromatic heterocycles. The van der Waals surface area contributed by atoms with Gasteiger partial charge in [0.05, 0.1) is 17.7 Å². The summed E-state index contributed by atoms with van der Waals surface area (Å²) in [7, 11) is -3.74. The Morgan fingerprint density at radius 3 is 2.94 bits per heavy atom. The molecule has 92 valence electrons. The minimum Gasteiger partial charge on any atom is -0.464 e. The van der Waals surface area contributed by atoms with Crippen molar-refractivity contribution >= 4 is 23.9 Å². The lowest BCUT2D eigenvalue weighted by Crippen LogP contribution is -2.12. The lowest BCUT2D eigenvalue weighted by molar-refractivity contribution is 0.192. The summed E-state index contributed by atoms with van der Waals surface area (Å²) in [6.07, 6.45) is 2.00. The molecule has 0 bridgehead atoms. The van der Waals surface area contributed by atoms with Crippen molar-refractivity contribution in [1.82, 2.24) is 0 Å². The van der Waals surface area contributed by atoms with Crippen LogP contribution in [0, 0.1) is 0 Å². The molecule has 2 rings (SSSR count). The zero-order valence-electron chi connectivity index (χ0n) is 9.79. The molecule has 0 fully saturated rings. The van der Waals surface area contributed by atoms with Crippen molar-refractivity contribution in [3.05, 3.63) is 30.5 Å². The van der Waals surface area contributed by atoms with Gasteiger partial charge in [0, 0.05) is 5.39 Å². The Kier molecular flexibility index (Phi) is 3.38. The zero-order chi connectivity index (χ0) is 12.5. The Bertz CT molecular complexity index is 560. The van der Waals surface area contributed by atoms with Crippen molar-refractivity contribution in [3.63, 3.8) is 0 Å². The van der Waals surface area contributed by atoms with Gasteiger partial charge in [-0.1, -0.05) is 6.92 Å². The number of fused-ring (bicyclic) bond motifs is 1. The van der Waals surface area contributed by atoms with Crippen LogP contribution in [0.5, 0.6) is 0 Å². The van der Waals surface area contributed by atoms with Gasteiger partial charge < -0.3 is 13.8 Å². The summed E-state index contributed by atoms with van der Waals surface area (Å²) < 4.78 is 22.4. The fraction of sp³-hybridized carbons (Fsp3) is 0.333. The summed E-state index contributed by atoms with van der Waals surface area (Å²) in [5.74, 6) is 0. The molecular formula is C12H15O4P. The fourth-order valence-corrected chi connectivity index (χ4v) is 2.83. The summed E-state index contributed by atoms with van der Waals surface area (Å²) in [5, 5.41) is 1.09. The predicted molar refractivity (Wildman–Crippen MR) is 66.5 cm³/mol. The second-order valence-corrected chi connectivity index (χ2v) is 5.76. The first-order valence-corrected chi connectivity index (χ1v) is 7.09. The van der Waals surface area contributed by atoms with Crippen molar-refractivity contribution < 1.29 is 18.4 Å². The summed E-state index contributed by atoms with van der Waals surface area (Å²) in [6, 6.07) is 6.62. The molecule has 1 heterocycles. The second-order valence-electron chi connectivity index (χ2n) is 3.99. The van der Waals surface area contributed by atoms with Gasteiger partial charge in [-0.05, 0) is 37.6 Å². The lowest BCUT2D eigenvalue weighted by Gasteiger charge is -2.16. The van der Waals surface area contributed by atoms with Crippen LogP contribution in [-0.4, -0.2) is 11.0 Å². The van der Waals surface area contributed by atoms with E-state index in [1.165, 1.54) is 0 Å². The molecule has 0 aliphatic rings. The van der Waals surface area contributed by atoms with E-state index in [4.69, 9.17) is 8.94 Å². The first-order valence-electron chi connectivity index (χ1n) is 5.52. The molecule has 17 heavy (non-hydrogen) atoms. The van der Waals surface area contributed by atoms with E-state index in [0.29, 0.717) is 17.3 Å². The third kappa shape index (κ3) is 2.60. The summed E-state index contributed by atoms with van der Waals surface area (Å²) >= 11 is 0. The van der Waals surface area contributed by atoms with Gasteiger partial charge in [0.2, 0.25) is 0 Å². The van der Waals surface area contributed by atoms with Crippen LogP contribution >= 0.6 is 7.60 Å². The summed E-state index contributed by atoms with van der Waals surface area (Å²) in [6.45, 7) is 3.68. The Balaban J connectivity index is 2.34. The maximum absolute atomic E-state index is 12.1. The Morgan fingerprint density at radius 2 is 2.24 bits per heavy atom. The van der Waals surface area contributed by atoms with Gasteiger partial charge in [-0.3, -0.25) is 4.57 Å². The minimum atomic E-state index is -3.74. The number of hydrogen-bond acceptors (Lipinski definition) is 3. The highest BCUT2D eigenvalue weighted by Gasteiger charge is 2.25. The maximum Gasteiger partial charge on any atom is 0.359 e. The molecule has 5 heteroatoms. The van der Waals surface area contributed by atoms with Crippen LogP contribution in [-0.2, 0) is 9.09 Å². The third-order valence-corrected chi connectivity index (χ3v) is 4.24. The van der Waals surface area contributed by atoms with Crippen molar-refractivity contribution in [2.75, 3.05) is 0 Å². The maximum atomic E-state index is 12.1. The standard InChI is InChI=1S/C12H15O4P/c1-3-9(2)16-17(13,14)11-4-5-12-10(8-11)6-7-15-12/h4-9H,3H2,1-2H3,(H,13,14). The second kappa shape index (κ2) is 4.65. The normalized spacial score (nSPS) is 16.9. The topological polar surface area (TPSA) is 59.7 Å². The number of benzene rings is 1. The van der Waals surface area contributed by atoms with Gasteiger partial charge in [0.1, 0.15) is 5.58 Å². The van der Waals surface area contributed by atoms with E-state index in [-0.39, 0.29) is 6.10 Å². The fourth-order valence-electron chi connectivity index (χ4n) is 1.51. The number of furan rings is 1. The lowest BCUT2D eigenvalue weighted by atomic mass is 10.3. The monoisotopic (exact) mass is 254 g/mol. The molecule has 1 aromatic carbocycles. The molecule has 0 radical (unpaired) electrons. The molecule has 0 amide bonds. The van der Waals surface area contributed by atoms with Crippen LogP contribution in [0.1, 0.15) is 20.3 Å². The first-order chi connectivity index (χ1) is 8.03. The Hall–Kier alpha value is -1.09. The van der Waals surface area contributed by atoms with E-state index in [9.17, 15) is 9.46 Å². The van der Waals surface area contributed by atoms with Crippen LogP contribution in [0.2, 0.25) is 0 Å². The predicted octanol–water partition coefficient (Wildman–Crippen LogP) is 3.06. The molecule has 4 nitrogen and oxygen atoms in total. The summed E-state index contributed by atoms with van der Waals surface area (Å²) in [4.78, 5) is 9.89. The van der Waals surface area contributed by atoms with Crippen molar-refractivity contribution in [2.24, 2.45) is 0 Å². The molecule has 1 N–H and O–H groups in total. The molecule has 0 aliphatic heterocycles. The summed E-state index contributed by atoms with van der Waals surface area (Å²) in [5.41, 5.74) is 0.692. The van der Waals surface area contributed by atoms with E-state index >= 15 is 0 Å². The van der Waals surface area contributed by atoms with Crippen LogP contribution < -0.4 is 5.30 Å². The molecule has 0 saturated carbocycles. The van der Waals surface area contributed by atoms with E-state index in [0.717, 1.165) is 5.39 Å². The van der Waals surface area contributed by atoms with Gasteiger partial charge in [0.15, 0.2) is 0 Å². The van der Waals surface area contributed by atoms with Gasteiger partial charge >= 0.3 is 7.60 Å². The van der Waals surface area contributed by atoms with Crippen LogP contribution in [0.3, 0.4) is 0 Å². The number of hydrogen-bond donors (Lipinski definition) is 1. The smallest absolute Gasteiger partial charge is 0.359 e. The SMILES string of the molecule is CCC(C)OP(=O)(O)c1ccc2occc2c1. The van der Waals surface area contributed by atoms with Crippen molar-refractivity contribution in [3.8, 4) is 0 Å². The first kappa shape index (κ1) is 12.4. The minimum absolute atomic E-state index is 0.245. The van der Waals surface area contributed by atoms with Gasteiger partial charge in [-0.15, -0.1) is 0 Å². The molecule has 2 atom stereocenters. The molecule has 0 aliphatic carbocycles. The Labute approximate surface area is 99.7 Å². The average molecular weight is 254 g/mol. The molecule has 2 unspecified atom stereocenters. The zero-order valence-corrected chi connectivity index (χ0v) is 10.7. The van der Waals surface area contributed by atoms with Gasteiger partial charge in [-0.2, -0.15) is 0 Å². The molecule has 0 saturated heterocycles. The molecular weight excluding hydrogens is 239 g/mol. The van der Waals surface area contributed by atoms with Crippen LogP contribution in [0.4, 0.5) is 0 Å². The highest BCUT2D eigenvalue weighted by molar-refractivity contribution is 7.61. The van der Waals surface area contributed by atoms with E-state index in [2.05, 4.69) is 0 Å². The average Bonchev–Trinajstić information content (AvgIpc) is 2.75. The van der Waals surface area contributed by atoms with Crippen LogP contribution in [0.25, 0.3) is 11.0 Å². The third-order valence-electron chi connectivity index (χ3n) is 2.66. The number of rotatable bonds is 4. The van der Waals surface area contributed by atoms with E-state index < -0.39 is 7.60 Å². The van der Waals surface area contributed by atoms with E-state index in [1.807, 2.05) is 6.92 Å². The van der Waals surface area contributed by atoms with Crippen molar-refractivity contribution in [1.29, 1.82) is 0 Å². The largest absolute Gasteiger partial charge is 0.464 e. The highest BCUT2D eigenvalue weighted by Crippen LogP contribution is 2.43. The van der Waals surface area contributed by atoms with Gasteiger partial charge in [0.25, 0.3) is 0 Å². The molecule has 2 aromatic rings. The molecule has 0 spiro atoms. The Morgan fingerprint density at radius 1 is 1.47 bits per heavy atom. The van der Waals surface area contributed by atoms with Crippen LogP contribution in [0.15, 0.2) is 34.9 Å². The van der Waals surface area contributed by atoms with Crippen molar-refractivity contribution in [2.45, 2.75) is 26.4 Å². The highest BCUT2D eigenvalue weighted by atomic mass is 31.2. The van der Waals surface area contributed by atoms with E-state index in [1.54, 1.807) is 37.5 Å².